The van der Waals surface area contributed by atoms with E-state index in [9.17, 15) is 9.59 Å². The van der Waals surface area contributed by atoms with Crippen LogP contribution in [0.3, 0.4) is 0 Å². The topological polar surface area (TPSA) is 71.8 Å². The molecule has 1 N–H and O–H groups in total. The molecule has 37 heavy (non-hydrogen) atoms. The highest BCUT2D eigenvalue weighted by Crippen LogP contribution is 2.40. The van der Waals surface area contributed by atoms with Crippen molar-refractivity contribution >= 4 is 11.8 Å². The molecule has 1 fully saturated rings. The first-order valence-electron chi connectivity index (χ1n) is 13.4. The predicted molar refractivity (Wildman–Crippen MR) is 142 cm³/mol. The quantitative estimate of drug-likeness (QED) is 0.434. The van der Waals surface area contributed by atoms with Crippen LogP contribution in [0.15, 0.2) is 59.0 Å². The summed E-state index contributed by atoms with van der Waals surface area (Å²) in [6, 6.07) is 18.0. The molecule has 2 amide bonds. The second-order valence-electron chi connectivity index (χ2n) is 10.6. The number of aryl methyl sites for hydroxylation is 1. The lowest BCUT2D eigenvalue weighted by molar-refractivity contribution is -0.137. The number of rotatable bonds is 7. The Bertz CT molecular complexity index is 1250. The van der Waals surface area contributed by atoms with Crippen molar-refractivity contribution < 1.29 is 18.7 Å². The lowest BCUT2D eigenvalue weighted by Crippen LogP contribution is -2.43. The Balaban J connectivity index is 1.39. The van der Waals surface area contributed by atoms with Crippen LogP contribution in [0.1, 0.15) is 84.1 Å². The van der Waals surface area contributed by atoms with E-state index >= 15 is 0 Å². The summed E-state index contributed by atoms with van der Waals surface area (Å²) in [5.41, 5.74) is 4.70. The smallest absolute Gasteiger partial charge is 0.287 e. The van der Waals surface area contributed by atoms with Crippen LogP contribution in [0.2, 0.25) is 0 Å². The Morgan fingerprint density at radius 3 is 2.54 bits per heavy atom. The van der Waals surface area contributed by atoms with Gasteiger partial charge in [-0.05, 0) is 81.0 Å². The summed E-state index contributed by atoms with van der Waals surface area (Å²) in [6.07, 6.45) is 5.10. The van der Waals surface area contributed by atoms with E-state index in [0.29, 0.717) is 5.76 Å². The SMILES string of the molecule is Cc1ccc(C2c3cc(OCc4ccc(C(=O)NC(C)C)o4)ccc3CCN2C(=O)C2CCCC2)cc1. The third-order valence-corrected chi connectivity index (χ3v) is 7.41. The molecule has 5 rings (SSSR count). The van der Waals surface area contributed by atoms with E-state index in [1.54, 1.807) is 12.1 Å². The molecule has 0 spiro atoms. The average molecular weight is 501 g/mol. The van der Waals surface area contributed by atoms with Crippen molar-refractivity contribution in [3.8, 4) is 5.75 Å². The molecule has 0 bridgehead atoms. The average Bonchev–Trinajstić information content (AvgIpc) is 3.59. The van der Waals surface area contributed by atoms with Crippen LogP contribution in [0.5, 0.6) is 5.75 Å². The highest BCUT2D eigenvalue weighted by molar-refractivity contribution is 5.91. The fourth-order valence-electron chi connectivity index (χ4n) is 5.50. The van der Waals surface area contributed by atoms with Crippen molar-refractivity contribution in [3.05, 3.63) is 88.4 Å². The fraction of sp³-hybridized carbons (Fsp3) is 0.419. The molecule has 2 aromatic carbocycles. The van der Waals surface area contributed by atoms with E-state index in [1.807, 2.05) is 19.9 Å². The van der Waals surface area contributed by atoms with Crippen molar-refractivity contribution in [2.75, 3.05) is 6.54 Å². The molecule has 194 valence electrons. The van der Waals surface area contributed by atoms with E-state index in [2.05, 4.69) is 53.5 Å². The molecule has 0 saturated heterocycles. The zero-order chi connectivity index (χ0) is 25.9. The molecule has 1 atom stereocenters. The van der Waals surface area contributed by atoms with Crippen LogP contribution >= 0.6 is 0 Å². The first-order valence-corrected chi connectivity index (χ1v) is 13.4. The maximum atomic E-state index is 13.6. The van der Waals surface area contributed by atoms with Gasteiger partial charge < -0.3 is 19.4 Å². The minimum Gasteiger partial charge on any atom is -0.486 e. The van der Waals surface area contributed by atoms with Gasteiger partial charge in [0.2, 0.25) is 5.91 Å². The van der Waals surface area contributed by atoms with Gasteiger partial charge in [-0.25, -0.2) is 0 Å². The van der Waals surface area contributed by atoms with Crippen molar-refractivity contribution in [1.29, 1.82) is 0 Å². The van der Waals surface area contributed by atoms with E-state index in [1.165, 1.54) is 11.1 Å². The number of fused-ring (bicyclic) bond motifs is 1. The molecule has 1 aliphatic heterocycles. The van der Waals surface area contributed by atoms with Gasteiger partial charge >= 0.3 is 0 Å². The molecule has 1 aliphatic carbocycles. The van der Waals surface area contributed by atoms with Crippen molar-refractivity contribution in [3.63, 3.8) is 0 Å². The Kier molecular flexibility index (Phi) is 7.36. The van der Waals surface area contributed by atoms with Gasteiger partial charge in [0.1, 0.15) is 18.1 Å². The Labute approximate surface area is 219 Å². The summed E-state index contributed by atoms with van der Waals surface area (Å²) in [5.74, 6) is 1.76. The molecule has 2 aliphatic rings. The van der Waals surface area contributed by atoms with Crippen molar-refractivity contribution in [2.45, 2.75) is 71.6 Å². The first-order chi connectivity index (χ1) is 17.9. The summed E-state index contributed by atoms with van der Waals surface area (Å²) in [6.45, 7) is 6.85. The Morgan fingerprint density at radius 1 is 1.05 bits per heavy atom. The van der Waals surface area contributed by atoms with Gasteiger partial charge in [-0.2, -0.15) is 0 Å². The summed E-state index contributed by atoms with van der Waals surface area (Å²) in [7, 11) is 0. The molecule has 1 aromatic heterocycles. The summed E-state index contributed by atoms with van der Waals surface area (Å²) >= 11 is 0. The van der Waals surface area contributed by atoms with Gasteiger partial charge in [-0.3, -0.25) is 9.59 Å². The standard InChI is InChI=1S/C31H36N2O4/c1-20(2)32-30(34)28-15-14-26(37-28)19-36-25-13-12-22-16-17-33(31(35)24-6-4-5-7-24)29(27(22)18-25)23-10-8-21(3)9-11-23/h8-15,18,20,24,29H,4-7,16-17,19H2,1-3H3,(H,32,34). The van der Waals surface area contributed by atoms with Crippen LogP contribution in [-0.4, -0.2) is 29.3 Å². The van der Waals surface area contributed by atoms with Crippen LogP contribution in [-0.2, 0) is 17.8 Å². The number of amides is 2. The number of furan rings is 1. The van der Waals surface area contributed by atoms with Crippen molar-refractivity contribution in [2.24, 2.45) is 5.92 Å². The molecule has 3 aromatic rings. The van der Waals surface area contributed by atoms with Gasteiger partial charge in [-0.15, -0.1) is 0 Å². The number of nitrogens with zero attached hydrogens (tertiary/aromatic N) is 1. The third-order valence-electron chi connectivity index (χ3n) is 7.41. The molecule has 1 unspecified atom stereocenters. The molecule has 1 saturated carbocycles. The zero-order valence-corrected chi connectivity index (χ0v) is 22.0. The van der Waals surface area contributed by atoms with E-state index in [0.717, 1.165) is 55.5 Å². The fourth-order valence-corrected chi connectivity index (χ4v) is 5.50. The zero-order valence-electron chi connectivity index (χ0n) is 22.0. The van der Waals surface area contributed by atoms with Gasteiger partial charge in [0, 0.05) is 18.5 Å². The number of hydrogen-bond donors (Lipinski definition) is 1. The number of benzene rings is 2. The van der Waals surface area contributed by atoms with Crippen LogP contribution in [0.4, 0.5) is 0 Å². The second-order valence-corrected chi connectivity index (χ2v) is 10.6. The van der Waals surface area contributed by atoms with E-state index in [-0.39, 0.29) is 42.2 Å². The molecule has 6 nitrogen and oxygen atoms in total. The minimum absolute atomic E-state index is 0.0365. The normalized spacial score (nSPS) is 17.6. The van der Waals surface area contributed by atoms with Gasteiger partial charge in [0.25, 0.3) is 5.91 Å². The number of nitrogens with one attached hydrogen (secondary N) is 1. The summed E-state index contributed by atoms with van der Waals surface area (Å²) in [5, 5.41) is 2.83. The van der Waals surface area contributed by atoms with Crippen molar-refractivity contribution in [1.82, 2.24) is 10.2 Å². The third kappa shape index (κ3) is 5.58. The predicted octanol–water partition coefficient (Wildman–Crippen LogP) is 5.97. The van der Waals surface area contributed by atoms with Gasteiger partial charge in [0.15, 0.2) is 5.76 Å². The molecular formula is C31H36N2O4. The number of carbonyl (C=O) groups is 2. The summed E-state index contributed by atoms with van der Waals surface area (Å²) in [4.78, 5) is 27.9. The van der Waals surface area contributed by atoms with E-state index in [4.69, 9.17) is 9.15 Å². The van der Waals surface area contributed by atoms with Crippen LogP contribution < -0.4 is 10.1 Å². The van der Waals surface area contributed by atoms with E-state index < -0.39 is 0 Å². The lowest BCUT2D eigenvalue weighted by atomic mass is 9.86. The van der Waals surface area contributed by atoms with Crippen LogP contribution in [0, 0.1) is 12.8 Å². The summed E-state index contributed by atoms with van der Waals surface area (Å²) < 4.78 is 11.8. The second kappa shape index (κ2) is 10.8. The molecular weight excluding hydrogens is 464 g/mol. The monoisotopic (exact) mass is 500 g/mol. The highest BCUT2D eigenvalue weighted by atomic mass is 16.5. The number of hydrogen-bond acceptors (Lipinski definition) is 4. The number of ether oxygens (including phenoxy) is 1. The Morgan fingerprint density at radius 2 is 1.81 bits per heavy atom. The van der Waals surface area contributed by atoms with Gasteiger partial charge in [0.05, 0.1) is 6.04 Å². The maximum Gasteiger partial charge on any atom is 0.287 e. The molecule has 0 radical (unpaired) electrons. The highest BCUT2D eigenvalue weighted by Gasteiger charge is 2.36. The first kappa shape index (κ1) is 25.1. The van der Waals surface area contributed by atoms with Crippen LogP contribution in [0.25, 0.3) is 0 Å². The lowest BCUT2D eigenvalue weighted by Gasteiger charge is -2.39. The molecule has 6 heteroatoms. The largest absolute Gasteiger partial charge is 0.486 e. The molecule has 2 heterocycles. The van der Waals surface area contributed by atoms with Gasteiger partial charge in [-0.1, -0.05) is 48.7 Å². The number of carbonyl (C=O) groups excluding carboxylic acids is 2. The Hall–Kier alpha value is -3.54. The minimum atomic E-state index is -0.233. The maximum absolute atomic E-state index is 13.6.